The van der Waals surface area contributed by atoms with Gasteiger partial charge in [0.1, 0.15) is 5.84 Å². The van der Waals surface area contributed by atoms with E-state index in [4.69, 9.17) is 10.3 Å². The Kier molecular flexibility index (Phi) is 7.64. The molecule has 1 aliphatic heterocycles. The highest BCUT2D eigenvalue weighted by Gasteiger charge is 2.21. The minimum absolute atomic E-state index is 0.235. The predicted octanol–water partition coefficient (Wildman–Crippen LogP) is 12.7. The number of aliphatic imine (C=N–C) groups is 1. The standard InChI is InChI=1S/C51H36N5/c1-4-16-34(17-5-1)37-22-14-24-39(30-37)55-45-28-12-10-26-41(45)43-32-44-42-27-11-13-29-46(42)56(48(44)33-47(43)55)40-25-15-23-38(31-40)51-53-49(35-18-6-2-7-19-35)52-50(54-51)36-20-8-3-9-21-36/h1-33,49-50H,(H,53,54)/q-1. The minimum Gasteiger partial charge on any atom is -0.613 e. The molecule has 11 rings (SSSR count). The topological polar surface area (TPSA) is 48.4 Å². The Morgan fingerprint density at radius 2 is 0.893 bits per heavy atom. The molecule has 10 aromatic rings. The van der Waals surface area contributed by atoms with Gasteiger partial charge in [-0.1, -0.05) is 152 Å². The summed E-state index contributed by atoms with van der Waals surface area (Å²) in [6.07, 6.45) is -0.563. The molecule has 3 heterocycles. The lowest BCUT2D eigenvalue weighted by molar-refractivity contribution is 0.631. The van der Waals surface area contributed by atoms with E-state index < -0.39 is 0 Å². The summed E-state index contributed by atoms with van der Waals surface area (Å²) in [6, 6.07) is 71.3. The molecule has 2 atom stereocenters. The quantitative estimate of drug-likeness (QED) is 0.183. The molecule has 266 valence electrons. The van der Waals surface area contributed by atoms with Crippen LogP contribution in [0.2, 0.25) is 0 Å². The van der Waals surface area contributed by atoms with Gasteiger partial charge in [-0.15, -0.1) is 0 Å². The van der Waals surface area contributed by atoms with E-state index in [1.807, 2.05) is 12.1 Å². The summed E-state index contributed by atoms with van der Waals surface area (Å²) in [4.78, 5) is 5.21. The highest BCUT2D eigenvalue weighted by Crippen LogP contribution is 2.41. The molecular weight excluding hydrogens is 683 g/mol. The third kappa shape index (κ3) is 5.40. The Hall–Kier alpha value is -7.21. The molecule has 2 aromatic heterocycles. The van der Waals surface area contributed by atoms with Crippen molar-refractivity contribution in [1.29, 1.82) is 0 Å². The van der Waals surface area contributed by atoms with Crippen LogP contribution in [0, 0.1) is 0 Å². The third-order valence-corrected chi connectivity index (χ3v) is 11.1. The van der Waals surface area contributed by atoms with Crippen molar-refractivity contribution in [2.24, 2.45) is 4.99 Å². The monoisotopic (exact) mass is 718 g/mol. The van der Waals surface area contributed by atoms with Gasteiger partial charge >= 0.3 is 0 Å². The molecular formula is C51H36N5-. The van der Waals surface area contributed by atoms with Gasteiger partial charge in [0, 0.05) is 38.5 Å². The number of nitrogens with one attached hydrogen (secondary N) is 1. The predicted molar refractivity (Wildman–Crippen MR) is 232 cm³/mol. The summed E-state index contributed by atoms with van der Waals surface area (Å²) < 4.78 is 4.83. The lowest BCUT2D eigenvalue weighted by atomic mass is 10.1. The van der Waals surface area contributed by atoms with Crippen molar-refractivity contribution in [2.75, 3.05) is 0 Å². The van der Waals surface area contributed by atoms with Crippen LogP contribution < -0.4 is 5.32 Å². The molecule has 0 amide bonds. The molecule has 0 spiro atoms. The van der Waals surface area contributed by atoms with E-state index in [0.29, 0.717) is 0 Å². The highest BCUT2D eigenvalue weighted by atomic mass is 15.3. The average Bonchev–Trinajstić information content (AvgIpc) is 3.78. The van der Waals surface area contributed by atoms with Gasteiger partial charge in [0.05, 0.1) is 22.1 Å². The first-order valence-corrected chi connectivity index (χ1v) is 19.1. The van der Waals surface area contributed by atoms with E-state index >= 15 is 0 Å². The van der Waals surface area contributed by atoms with Gasteiger partial charge in [-0.05, 0) is 83.1 Å². The number of rotatable bonds is 6. The molecule has 2 unspecified atom stereocenters. The Bertz CT molecular complexity index is 3090. The second kappa shape index (κ2) is 13.3. The Labute approximate surface area is 324 Å². The molecule has 5 heteroatoms. The Morgan fingerprint density at radius 1 is 0.393 bits per heavy atom. The van der Waals surface area contributed by atoms with E-state index in [2.05, 4.69) is 203 Å². The van der Waals surface area contributed by atoms with Crippen LogP contribution in [0.3, 0.4) is 0 Å². The Balaban J connectivity index is 1.10. The number of amidine groups is 1. The fraction of sp³-hybridized carbons (Fsp3) is 0.0392. The van der Waals surface area contributed by atoms with Crippen molar-refractivity contribution < 1.29 is 0 Å². The van der Waals surface area contributed by atoms with Gasteiger partial charge in [-0.3, -0.25) is 4.99 Å². The van der Waals surface area contributed by atoms with Gasteiger partial charge in [0.2, 0.25) is 0 Å². The molecule has 0 bridgehead atoms. The zero-order valence-electron chi connectivity index (χ0n) is 30.5. The van der Waals surface area contributed by atoms with E-state index in [1.165, 1.54) is 43.7 Å². The minimum atomic E-state index is -0.329. The lowest BCUT2D eigenvalue weighted by Crippen LogP contribution is -2.34. The zero-order chi connectivity index (χ0) is 37.0. The normalized spacial score (nSPS) is 15.7. The number of benzene rings is 8. The molecule has 5 nitrogen and oxygen atoms in total. The molecule has 1 N–H and O–H groups in total. The fourth-order valence-corrected chi connectivity index (χ4v) is 8.48. The van der Waals surface area contributed by atoms with Crippen LogP contribution in [0.4, 0.5) is 0 Å². The summed E-state index contributed by atoms with van der Waals surface area (Å²) in [6.45, 7) is 0. The van der Waals surface area contributed by atoms with Crippen molar-refractivity contribution in [3.63, 3.8) is 0 Å². The van der Waals surface area contributed by atoms with Crippen LogP contribution in [0.1, 0.15) is 29.0 Å². The molecule has 0 saturated carbocycles. The molecule has 0 saturated heterocycles. The van der Waals surface area contributed by atoms with E-state index in [-0.39, 0.29) is 12.3 Å². The maximum absolute atomic E-state index is 5.21. The first kappa shape index (κ1) is 32.2. The van der Waals surface area contributed by atoms with Crippen LogP contribution in [-0.4, -0.2) is 15.0 Å². The van der Waals surface area contributed by atoms with Crippen LogP contribution >= 0.6 is 0 Å². The molecule has 8 aromatic carbocycles. The first-order valence-electron chi connectivity index (χ1n) is 19.1. The summed E-state index contributed by atoms with van der Waals surface area (Å²) in [5.41, 5.74) is 12.4. The number of para-hydroxylation sites is 2. The van der Waals surface area contributed by atoms with Crippen molar-refractivity contribution >= 4 is 49.4 Å². The Morgan fingerprint density at radius 3 is 1.52 bits per heavy atom. The summed E-state index contributed by atoms with van der Waals surface area (Å²) >= 11 is 0. The van der Waals surface area contributed by atoms with E-state index in [9.17, 15) is 0 Å². The van der Waals surface area contributed by atoms with Crippen molar-refractivity contribution in [3.05, 3.63) is 222 Å². The first-order chi connectivity index (χ1) is 27.8. The van der Waals surface area contributed by atoms with Crippen LogP contribution in [0.15, 0.2) is 205 Å². The van der Waals surface area contributed by atoms with E-state index in [0.717, 1.165) is 44.9 Å². The summed E-state index contributed by atoms with van der Waals surface area (Å²) in [7, 11) is 0. The lowest BCUT2D eigenvalue weighted by Gasteiger charge is -2.44. The third-order valence-electron chi connectivity index (χ3n) is 11.1. The van der Waals surface area contributed by atoms with Gasteiger partial charge in [-0.25, -0.2) is 0 Å². The zero-order valence-corrected chi connectivity index (χ0v) is 30.5. The largest absolute Gasteiger partial charge is 0.613 e. The number of fused-ring (bicyclic) bond motifs is 6. The van der Waals surface area contributed by atoms with E-state index in [1.54, 1.807) is 0 Å². The number of aromatic nitrogens is 2. The van der Waals surface area contributed by atoms with Crippen LogP contribution in [0.25, 0.3) is 71.4 Å². The number of nitrogens with zero attached hydrogens (tertiary/aromatic N) is 4. The second-order valence-electron chi connectivity index (χ2n) is 14.4. The van der Waals surface area contributed by atoms with Crippen molar-refractivity contribution in [3.8, 4) is 22.5 Å². The van der Waals surface area contributed by atoms with Gasteiger partial charge in [-0.2, -0.15) is 0 Å². The summed E-state index contributed by atoms with van der Waals surface area (Å²) in [5, 5.41) is 13.7. The molecule has 56 heavy (non-hydrogen) atoms. The maximum atomic E-state index is 5.21. The van der Waals surface area contributed by atoms with Gasteiger partial charge in [0.15, 0.2) is 0 Å². The molecule has 0 radical (unpaired) electrons. The van der Waals surface area contributed by atoms with Crippen LogP contribution in [0.5, 0.6) is 0 Å². The average molecular weight is 719 g/mol. The smallest absolute Gasteiger partial charge is 0.126 e. The number of hydrogen-bond donors (Lipinski definition) is 1. The van der Waals surface area contributed by atoms with Gasteiger partial charge in [0.25, 0.3) is 0 Å². The second-order valence-corrected chi connectivity index (χ2v) is 14.4. The van der Waals surface area contributed by atoms with Crippen LogP contribution in [-0.2, 0) is 0 Å². The molecule has 0 fully saturated rings. The molecule has 0 aliphatic carbocycles. The van der Waals surface area contributed by atoms with Gasteiger partial charge < -0.3 is 19.8 Å². The highest BCUT2D eigenvalue weighted by molar-refractivity contribution is 6.19. The van der Waals surface area contributed by atoms with Crippen molar-refractivity contribution in [2.45, 2.75) is 12.3 Å². The number of hydrogen-bond acceptors (Lipinski definition) is 2. The van der Waals surface area contributed by atoms with Crippen molar-refractivity contribution in [1.82, 2.24) is 14.5 Å². The fourth-order valence-electron chi connectivity index (χ4n) is 8.48. The maximum Gasteiger partial charge on any atom is 0.126 e. The molecule has 1 aliphatic rings. The summed E-state index contributed by atoms with van der Waals surface area (Å²) in [5.74, 6) is 0.825. The SMILES string of the molecule is c1ccc(-c2cccc(-n3c4ccccc4c4cc5c6ccccc6n(-c6cccc(C7=NC(c8ccccc8)[N-]C(c8ccccc8)N7)c6)c5cc43)c2)cc1.